The van der Waals surface area contributed by atoms with Gasteiger partial charge in [-0.15, -0.1) is 0 Å². The van der Waals surface area contributed by atoms with Gasteiger partial charge >= 0.3 is 12.0 Å². The Bertz CT molecular complexity index is 752. The smallest absolute Gasteiger partial charge is 0.338 e. The van der Waals surface area contributed by atoms with Crippen molar-refractivity contribution in [1.82, 2.24) is 10.6 Å². The Morgan fingerprint density at radius 3 is 2.37 bits per heavy atom. The van der Waals surface area contributed by atoms with Crippen molar-refractivity contribution < 1.29 is 23.5 Å². The molecule has 0 aliphatic heterocycles. The first-order chi connectivity index (χ1) is 13.0. The number of carbonyl (C=O) groups excluding carboxylic acids is 3. The summed E-state index contributed by atoms with van der Waals surface area (Å²) < 4.78 is 9.99. The summed E-state index contributed by atoms with van der Waals surface area (Å²) in [4.78, 5) is 37.4. The monoisotopic (exact) mass is 373 g/mol. The maximum atomic E-state index is 12.0. The van der Waals surface area contributed by atoms with Crippen LogP contribution in [0, 0.1) is 0 Å². The molecule has 0 unspecified atom stereocenters. The van der Waals surface area contributed by atoms with E-state index in [1.807, 2.05) is 12.1 Å². The number of benzene rings is 1. The molecule has 2 N–H and O–H groups in total. The van der Waals surface area contributed by atoms with E-state index in [4.69, 9.17) is 9.15 Å². The summed E-state index contributed by atoms with van der Waals surface area (Å²) in [5.74, 6) is -0.801. The van der Waals surface area contributed by atoms with E-state index < -0.39 is 24.5 Å². The van der Waals surface area contributed by atoms with E-state index in [1.165, 1.54) is 6.26 Å². The third-order valence-corrected chi connectivity index (χ3v) is 3.82. The van der Waals surface area contributed by atoms with Gasteiger partial charge in [0, 0.05) is 18.8 Å². The fourth-order valence-electron chi connectivity index (χ4n) is 2.40. The summed E-state index contributed by atoms with van der Waals surface area (Å²) in [6.45, 7) is 5.42. The number of rotatable bonds is 8. The maximum Gasteiger partial charge on any atom is 0.338 e. The number of carbonyl (C=O) groups is 3. The summed E-state index contributed by atoms with van der Waals surface area (Å²) in [5.41, 5.74) is 1.34. The molecule has 2 rings (SSSR count). The molecule has 0 saturated carbocycles. The van der Waals surface area contributed by atoms with Crippen LogP contribution in [-0.2, 0) is 16.1 Å². The van der Waals surface area contributed by atoms with Gasteiger partial charge in [-0.2, -0.15) is 0 Å². The van der Waals surface area contributed by atoms with Gasteiger partial charge in [-0.05, 0) is 50.2 Å². The Labute approximate surface area is 157 Å². The van der Waals surface area contributed by atoms with Crippen molar-refractivity contribution in [3.63, 3.8) is 0 Å². The van der Waals surface area contributed by atoms with Gasteiger partial charge in [-0.1, -0.05) is 0 Å². The summed E-state index contributed by atoms with van der Waals surface area (Å²) in [6.07, 6.45) is 1.48. The third-order valence-electron chi connectivity index (χ3n) is 3.82. The highest BCUT2D eigenvalue weighted by Gasteiger charge is 2.13. The molecule has 1 heterocycles. The van der Waals surface area contributed by atoms with Crippen LogP contribution < -0.4 is 15.5 Å². The molecule has 0 fully saturated rings. The lowest BCUT2D eigenvalue weighted by Crippen LogP contribution is -2.41. The van der Waals surface area contributed by atoms with E-state index in [0.29, 0.717) is 11.3 Å². The van der Waals surface area contributed by atoms with Gasteiger partial charge in [0.1, 0.15) is 5.76 Å². The van der Waals surface area contributed by atoms with Crippen LogP contribution in [0.25, 0.3) is 0 Å². The fourth-order valence-corrected chi connectivity index (χ4v) is 2.40. The number of hydrogen-bond donors (Lipinski definition) is 2. The number of nitrogens with one attached hydrogen (secondary N) is 2. The number of amides is 3. The number of imide groups is 1. The molecule has 0 saturated heterocycles. The topological polar surface area (TPSA) is 101 Å². The largest absolute Gasteiger partial charge is 0.467 e. The first-order valence-corrected chi connectivity index (χ1v) is 8.65. The molecule has 0 spiro atoms. The second kappa shape index (κ2) is 10.0. The summed E-state index contributed by atoms with van der Waals surface area (Å²) >= 11 is 0. The first kappa shape index (κ1) is 20.0. The molecule has 0 atom stereocenters. The number of urea groups is 1. The summed E-state index contributed by atoms with van der Waals surface area (Å²) in [5, 5.41) is 4.53. The van der Waals surface area contributed by atoms with Gasteiger partial charge in [-0.25, -0.2) is 9.59 Å². The van der Waals surface area contributed by atoms with E-state index in [1.54, 1.807) is 24.3 Å². The molecule has 144 valence electrons. The van der Waals surface area contributed by atoms with Crippen molar-refractivity contribution in [2.24, 2.45) is 0 Å². The second-order valence-electron chi connectivity index (χ2n) is 5.61. The number of hydrogen-bond acceptors (Lipinski definition) is 6. The van der Waals surface area contributed by atoms with Crippen LogP contribution in [0.4, 0.5) is 10.5 Å². The van der Waals surface area contributed by atoms with Gasteiger partial charge in [0.25, 0.3) is 5.91 Å². The number of ether oxygens (including phenoxy) is 1. The number of esters is 1. The van der Waals surface area contributed by atoms with E-state index in [2.05, 4.69) is 29.4 Å². The zero-order valence-corrected chi connectivity index (χ0v) is 15.4. The van der Waals surface area contributed by atoms with Crippen molar-refractivity contribution in [2.75, 3.05) is 24.6 Å². The lowest BCUT2D eigenvalue weighted by Gasteiger charge is -2.20. The summed E-state index contributed by atoms with van der Waals surface area (Å²) in [7, 11) is 0. The Hall–Kier alpha value is -3.29. The number of anilines is 1. The van der Waals surface area contributed by atoms with Gasteiger partial charge in [0.05, 0.1) is 18.4 Å². The molecule has 8 nitrogen and oxygen atoms in total. The Morgan fingerprint density at radius 1 is 1.07 bits per heavy atom. The normalized spacial score (nSPS) is 10.1. The molecular formula is C19H23N3O5. The van der Waals surface area contributed by atoms with Crippen LogP contribution in [0.1, 0.15) is 30.0 Å². The molecule has 1 aromatic heterocycles. The Balaban J connectivity index is 1.75. The summed E-state index contributed by atoms with van der Waals surface area (Å²) in [6, 6.07) is 9.62. The van der Waals surface area contributed by atoms with Crippen LogP contribution in [0.15, 0.2) is 47.1 Å². The minimum Gasteiger partial charge on any atom is -0.467 e. The van der Waals surface area contributed by atoms with Crippen molar-refractivity contribution >= 4 is 23.6 Å². The highest BCUT2D eigenvalue weighted by Crippen LogP contribution is 2.15. The van der Waals surface area contributed by atoms with Crippen LogP contribution in [0.3, 0.4) is 0 Å². The van der Waals surface area contributed by atoms with Gasteiger partial charge in [0.15, 0.2) is 6.61 Å². The lowest BCUT2D eigenvalue weighted by molar-refractivity contribution is -0.123. The SMILES string of the molecule is CCN(CC)c1ccc(C(=O)OCC(=O)NC(=O)NCc2ccco2)cc1. The van der Waals surface area contributed by atoms with E-state index in [0.717, 1.165) is 18.8 Å². The molecule has 8 heteroatoms. The van der Waals surface area contributed by atoms with E-state index >= 15 is 0 Å². The van der Waals surface area contributed by atoms with Crippen LogP contribution in [-0.4, -0.2) is 37.6 Å². The molecule has 27 heavy (non-hydrogen) atoms. The van der Waals surface area contributed by atoms with Crippen molar-refractivity contribution in [3.05, 3.63) is 54.0 Å². The van der Waals surface area contributed by atoms with Crippen molar-refractivity contribution in [1.29, 1.82) is 0 Å². The highest BCUT2D eigenvalue weighted by molar-refractivity contribution is 5.97. The molecule has 2 aromatic rings. The lowest BCUT2D eigenvalue weighted by atomic mass is 10.2. The zero-order valence-electron chi connectivity index (χ0n) is 15.4. The van der Waals surface area contributed by atoms with Crippen LogP contribution in [0.5, 0.6) is 0 Å². The third kappa shape index (κ3) is 6.18. The fraction of sp³-hybridized carbons (Fsp3) is 0.316. The standard InChI is InChI=1S/C19H23N3O5/c1-3-22(4-2)15-9-7-14(8-10-15)18(24)27-13-17(23)21-19(25)20-12-16-6-5-11-26-16/h5-11H,3-4,12-13H2,1-2H3,(H2,20,21,23,25). The number of furan rings is 1. The zero-order chi connectivity index (χ0) is 19.6. The molecule has 3 amide bonds. The minimum atomic E-state index is -0.722. The predicted molar refractivity (Wildman–Crippen MR) is 99.4 cm³/mol. The number of nitrogens with zero attached hydrogens (tertiary/aromatic N) is 1. The van der Waals surface area contributed by atoms with Gasteiger partial charge in [-0.3, -0.25) is 10.1 Å². The van der Waals surface area contributed by atoms with E-state index in [9.17, 15) is 14.4 Å². The molecule has 0 bridgehead atoms. The second-order valence-corrected chi connectivity index (χ2v) is 5.61. The maximum absolute atomic E-state index is 12.0. The predicted octanol–water partition coefficient (Wildman–Crippen LogP) is 2.31. The van der Waals surface area contributed by atoms with Gasteiger partial charge in [0.2, 0.25) is 0 Å². The van der Waals surface area contributed by atoms with E-state index in [-0.39, 0.29) is 6.54 Å². The molecular weight excluding hydrogens is 350 g/mol. The minimum absolute atomic E-state index is 0.144. The Kier molecular flexibility index (Phi) is 7.42. The van der Waals surface area contributed by atoms with Crippen molar-refractivity contribution in [2.45, 2.75) is 20.4 Å². The average molecular weight is 373 g/mol. The molecule has 0 aliphatic carbocycles. The van der Waals surface area contributed by atoms with Gasteiger partial charge < -0.3 is 19.4 Å². The Morgan fingerprint density at radius 2 is 1.78 bits per heavy atom. The molecule has 0 aliphatic rings. The molecule has 1 aromatic carbocycles. The first-order valence-electron chi connectivity index (χ1n) is 8.65. The van der Waals surface area contributed by atoms with Crippen LogP contribution >= 0.6 is 0 Å². The van der Waals surface area contributed by atoms with Crippen LogP contribution in [0.2, 0.25) is 0 Å². The quantitative estimate of drug-likeness (QED) is 0.689. The molecule has 0 radical (unpaired) electrons. The van der Waals surface area contributed by atoms with Crippen molar-refractivity contribution in [3.8, 4) is 0 Å². The highest BCUT2D eigenvalue weighted by atomic mass is 16.5. The average Bonchev–Trinajstić information content (AvgIpc) is 3.19.